The number of rotatable bonds is 4. The first kappa shape index (κ1) is 14.1. The molecule has 0 aliphatic rings. The van der Waals surface area contributed by atoms with Crippen molar-refractivity contribution in [2.45, 2.75) is 27.2 Å². The Morgan fingerprint density at radius 2 is 1.68 bits per heavy atom. The molecular formula is C18H25N. The van der Waals surface area contributed by atoms with E-state index in [0.29, 0.717) is 11.3 Å². The third-order valence-electron chi connectivity index (χ3n) is 4.02. The Balaban J connectivity index is 2.34. The monoisotopic (exact) mass is 255 g/mol. The van der Waals surface area contributed by atoms with Gasteiger partial charge in [0.2, 0.25) is 0 Å². The third-order valence-corrected chi connectivity index (χ3v) is 4.02. The maximum Gasteiger partial charge on any atom is -0.00153 e. The number of nitrogens with one attached hydrogen (secondary N) is 1. The van der Waals surface area contributed by atoms with Crippen LogP contribution < -0.4 is 5.32 Å². The van der Waals surface area contributed by atoms with Gasteiger partial charge in [0.05, 0.1) is 0 Å². The van der Waals surface area contributed by atoms with Crippen molar-refractivity contribution >= 4 is 10.8 Å². The Labute approximate surface area is 117 Å². The largest absolute Gasteiger partial charge is 0.319 e. The van der Waals surface area contributed by atoms with Crippen LogP contribution in [-0.2, 0) is 6.42 Å². The van der Waals surface area contributed by atoms with Crippen molar-refractivity contribution in [3.8, 4) is 0 Å². The van der Waals surface area contributed by atoms with Crippen molar-refractivity contribution in [2.24, 2.45) is 11.3 Å². The highest BCUT2D eigenvalue weighted by Gasteiger charge is 2.24. The molecule has 2 aromatic rings. The fraction of sp³-hybridized carbons (Fsp3) is 0.444. The predicted molar refractivity (Wildman–Crippen MR) is 84.5 cm³/mol. The fourth-order valence-corrected chi connectivity index (χ4v) is 2.67. The number of benzene rings is 2. The number of hydrogen-bond donors (Lipinski definition) is 1. The van der Waals surface area contributed by atoms with Crippen molar-refractivity contribution in [1.82, 2.24) is 5.32 Å². The molecule has 0 spiro atoms. The zero-order valence-corrected chi connectivity index (χ0v) is 12.5. The predicted octanol–water partition coefficient (Wildman–Crippen LogP) is 4.26. The molecule has 102 valence electrons. The summed E-state index contributed by atoms with van der Waals surface area (Å²) in [6, 6.07) is 15.3. The highest BCUT2D eigenvalue weighted by atomic mass is 14.8. The Bertz CT molecular complexity index is 531. The minimum Gasteiger partial charge on any atom is -0.319 e. The maximum absolute atomic E-state index is 3.34. The highest BCUT2D eigenvalue weighted by molar-refractivity contribution is 5.85. The van der Waals surface area contributed by atoms with Gasteiger partial charge in [-0.15, -0.1) is 0 Å². The molecule has 1 nitrogen and oxygen atoms in total. The van der Waals surface area contributed by atoms with E-state index in [2.05, 4.69) is 68.6 Å². The van der Waals surface area contributed by atoms with Gasteiger partial charge >= 0.3 is 0 Å². The van der Waals surface area contributed by atoms with Gasteiger partial charge in [-0.25, -0.2) is 0 Å². The molecule has 0 fully saturated rings. The standard InChI is InChI=1S/C18H25N/c1-18(2,3)16(13-19-4)12-15-10-7-9-14-8-5-6-11-17(14)15/h5-11,16,19H,12-13H2,1-4H3. The third kappa shape index (κ3) is 3.36. The van der Waals surface area contributed by atoms with E-state index < -0.39 is 0 Å². The van der Waals surface area contributed by atoms with Gasteiger partial charge in [0, 0.05) is 0 Å². The van der Waals surface area contributed by atoms with Crippen LogP contribution in [0, 0.1) is 11.3 Å². The second-order valence-corrected chi connectivity index (χ2v) is 6.46. The summed E-state index contributed by atoms with van der Waals surface area (Å²) in [5.74, 6) is 0.642. The summed E-state index contributed by atoms with van der Waals surface area (Å²) >= 11 is 0. The van der Waals surface area contributed by atoms with Gasteiger partial charge in [-0.2, -0.15) is 0 Å². The van der Waals surface area contributed by atoms with Crippen LogP contribution >= 0.6 is 0 Å². The Hall–Kier alpha value is -1.34. The molecule has 0 aromatic heterocycles. The molecule has 0 saturated carbocycles. The fourth-order valence-electron chi connectivity index (χ4n) is 2.67. The summed E-state index contributed by atoms with van der Waals surface area (Å²) in [4.78, 5) is 0. The van der Waals surface area contributed by atoms with Crippen molar-refractivity contribution in [2.75, 3.05) is 13.6 Å². The normalized spacial score (nSPS) is 13.7. The van der Waals surface area contributed by atoms with Crippen LogP contribution in [0.4, 0.5) is 0 Å². The molecule has 0 amide bonds. The van der Waals surface area contributed by atoms with Crippen LogP contribution in [0.5, 0.6) is 0 Å². The molecule has 0 saturated heterocycles. The molecule has 1 unspecified atom stereocenters. The van der Waals surface area contributed by atoms with Gasteiger partial charge in [-0.3, -0.25) is 0 Å². The molecule has 2 rings (SSSR count). The summed E-state index contributed by atoms with van der Waals surface area (Å²) in [6.07, 6.45) is 1.13. The maximum atomic E-state index is 3.34. The molecule has 0 aliphatic carbocycles. The summed E-state index contributed by atoms with van der Waals surface area (Å²) in [6.45, 7) is 8.06. The number of hydrogen-bond acceptors (Lipinski definition) is 1. The van der Waals surface area contributed by atoms with Crippen LogP contribution in [0.3, 0.4) is 0 Å². The summed E-state index contributed by atoms with van der Waals surface area (Å²) in [7, 11) is 2.04. The van der Waals surface area contributed by atoms with Gasteiger partial charge < -0.3 is 5.32 Å². The smallest absolute Gasteiger partial charge is 0.00153 e. The molecule has 19 heavy (non-hydrogen) atoms. The average molecular weight is 255 g/mol. The van der Waals surface area contributed by atoms with E-state index in [0.717, 1.165) is 13.0 Å². The molecule has 0 aliphatic heterocycles. The van der Waals surface area contributed by atoms with Crippen LogP contribution in [0.25, 0.3) is 10.8 Å². The SMILES string of the molecule is CNCC(Cc1cccc2ccccc12)C(C)(C)C. The van der Waals surface area contributed by atoms with E-state index in [1.54, 1.807) is 0 Å². The lowest BCUT2D eigenvalue weighted by Crippen LogP contribution is -2.31. The Kier molecular flexibility index (Phi) is 4.26. The van der Waals surface area contributed by atoms with Crippen molar-refractivity contribution < 1.29 is 0 Å². The zero-order chi connectivity index (χ0) is 13.9. The van der Waals surface area contributed by atoms with Crippen LogP contribution in [0.2, 0.25) is 0 Å². The average Bonchev–Trinajstić information content (AvgIpc) is 2.37. The second kappa shape index (κ2) is 5.75. The van der Waals surface area contributed by atoms with Crippen LogP contribution in [-0.4, -0.2) is 13.6 Å². The van der Waals surface area contributed by atoms with E-state index in [9.17, 15) is 0 Å². The van der Waals surface area contributed by atoms with Crippen molar-refractivity contribution in [3.05, 3.63) is 48.0 Å². The minimum atomic E-state index is 0.319. The topological polar surface area (TPSA) is 12.0 Å². The van der Waals surface area contributed by atoms with Crippen molar-refractivity contribution in [3.63, 3.8) is 0 Å². The molecular weight excluding hydrogens is 230 g/mol. The summed E-state index contributed by atoms with van der Waals surface area (Å²) in [5, 5.41) is 6.09. The Morgan fingerprint density at radius 3 is 2.37 bits per heavy atom. The van der Waals surface area contributed by atoms with E-state index in [1.165, 1.54) is 16.3 Å². The number of fused-ring (bicyclic) bond motifs is 1. The molecule has 2 aromatic carbocycles. The van der Waals surface area contributed by atoms with E-state index in [4.69, 9.17) is 0 Å². The van der Waals surface area contributed by atoms with Gasteiger partial charge in [-0.05, 0) is 47.7 Å². The minimum absolute atomic E-state index is 0.319. The lowest BCUT2D eigenvalue weighted by atomic mass is 9.76. The first-order chi connectivity index (χ1) is 9.02. The van der Waals surface area contributed by atoms with Crippen LogP contribution in [0.15, 0.2) is 42.5 Å². The van der Waals surface area contributed by atoms with E-state index in [1.807, 2.05) is 7.05 Å². The molecule has 0 heterocycles. The van der Waals surface area contributed by atoms with Crippen molar-refractivity contribution in [1.29, 1.82) is 0 Å². The van der Waals surface area contributed by atoms with Gasteiger partial charge in [0.25, 0.3) is 0 Å². The summed E-state index contributed by atoms with van der Waals surface area (Å²) in [5.41, 5.74) is 1.79. The lowest BCUT2D eigenvalue weighted by Gasteiger charge is -2.31. The van der Waals surface area contributed by atoms with Gasteiger partial charge in [-0.1, -0.05) is 63.2 Å². The molecule has 0 radical (unpaired) electrons. The lowest BCUT2D eigenvalue weighted by molar-refractivity contribution is 0.235. The first-order valence-electron chi connectivity index (χ1n) is 7.13. The quantitative estimate of drug-likeness (QED) is 0.860. The Morgan fingerprint density at radius 1 is 1.00 bits per heavy atom. The van der Waals surface area contributed by atoms with Gasteiger partial charge in [0.15, 0.2) is 0 Å². The van der Waals surface area contributed by atoms with Crippen LogP contribution in [0.1, 0.15) is 26.3 Å². The van der Waals surface area contributed by atoms with E-state index >= 15 is 0 Å². The molecule has 1 heteroatoms. The first-order valence-corrected chi connectivity index (χ1v) is 7.13. The summed E-state index contributed by atoms with van der Waals surface area (Å²) < 4.78 is 0. The van der Waals surface area contributed by atoms with E-state index in [-0.39, 0.29) is 0 Å². The molecule has 0 bridgehead atoms. The highest BCUT2D eigenvalue weighted by Crippen LogP contribution is 2.30. The molecule has 1 N–H and O–H groups in total. The van der Waals surface area contributed by atoms with Gasteiger partial charge in [0.1, 0.15) is 0 Å². The second-order valence-electron chi connectivity index (χ2n) is 6.46. The zero-order valence-electron chi connectivity index (χ0n) is 12.5. The molecule has 1 atom stereocenters.